The smallest absolute Gasteiger partial charge is 0.123 e. The summed E-state index contributed by atoms with van der Waals surface area (Å²) in [5.74, 6) is -0.136. The molecule has 1 saturated heterocycles. The van der Waals surface area contributed by atoms with Crippen LogP contribution in [0.3, 0.4) is 0 Å². The Morgan fingerprint density at radius 2 is 1.88 bits per heavy atom. The highest BCUT2D eigenvalue weighted by atomic mass is 19.1. The minimum Gasteiger partial charge on any atom is -0.298 e. The predicted octanol–water partition coefficient (Wildman–Crippen LogP) is 2.35. The third-order valence-electron chi connectivity index (χ3n) is 3.43. The zero-order chi connectivity index (χ0) is 12.3. The van der Waals surface area contributed by atoms with Crippen LogP contribution in [0.4, 0.5) is 4.39 Å². The van der Waals surface area contributed by atoms with Gasteiger partial charge in [-0.15, -0.1) is 0 Å². The Morgan fingerprint density at radius 3 is 2.47 bits per heavy atom. The molecular weight excluding hydrogens is 215 g/mol. The standard InChI is InChI=1S/C14H21FN2/c1-12(2)17-8-6-16(7-9-17)11-13-4-3-5-14(15)10-13/h3-5,10,12H,6-9,11H2,1-2H3. The van der Waals surface area contributed by atoms with Crippen molar-refractivity contribution in [3.63, 3.8) is 0 Å². The summed E-state index contributed by atoms with van der Waals surface area (Å²) in [6.45, 7) is 9.73. The van der Waals surface area contributed by atoms with Crippen LogP contribution in [-0.4, -0.2) is 42.0 Å². The van der Waals surface area contributed by atoms with E-state index in [0.717, 1.165) is 38.3 Å². The van der Waals surface area contributed by atoms with E-state index in [1.165, 1.54) is 6.07 Å². The van der Waals surface area contributed by atoms with Crippen LogP contribution in [0, 0.1) is 5.82 Å². The molecule has 0 spiro atoms. The van der Waals surface area contributed by atoms with Crippen LogP contribution in [0.1, 0.15) is 19.4 Å². The van der Waals surface area contributed by atoms with Gasteiger partial charge in [0.25, 0.3) is 0 Å². The molecule has 0 aliphatic carbocycles. The van der Waals surface area contributed by atoms with Crippen LogP contribution in [-0.2, 0) is 6.54 Å². The molecule has 0 N–H and O–H groups in total. The van der Waals surface area contributed by atoms with Crippen LogP contribution in [0.2, 0.25) is 0 Å². The molecule has 1 aliphatic rings. The number of piperazine rings is 1. The number of hydrogen-bond acceptors (Lipinski definition) is 2. The number of halogens is 1. The summed E-state index contributed by atoms with van der Waals surface area (Å²) < 4.78 is 13.1. The number of hydrogen-bond donors (Lipinski definition) is 0. The normalized spacial score (nSPS) is 18.8. The topological polar surface area (TPSA) is 6.48 Å². The Hall–Kier alpha value is -0.930. The second kappa shape index (κ2) is 5.61. The van der Waals surface area contributed by atoms with Gasteiger partial charge in [-0.05, 0) is 31.5 Å². The van der Waals surface area contributed by atoms with Gasteiger partial charge >= 0.3 is 0 Å². The first-order valence-electron chi connectivity index (χ1n) is 6.36. The summed E-state index contributed by atoms with van der Waals surface area (Å²) in [4.78, 5) is 4.88. The van der Waals surface area contributed by atoms with Gasteiger partial charge in [0.15, 0.2) is 0 Å². The fourth-order valence-electron chi connectivity index (χ4n) is 2.33. The van der Waals surface area contributed by atoms with E-state index in [1.807, 2.05) is 6.07 Å². The lowest BCUT2D eigenvalue weighted by Crippen LogP contribution is -2.48. The molecule has 0 atom stereocenters. The largest absolute Gasteiger partial charge is 0.298 e. The molecular formula is C14H21FN2. The van der Waals surface area contributed by atoms with E-state index in [2.05, 4.69) is 23.6 Å². The summed E-state index contributed by atoms with van der Waals surface area (Å²) in [5.41, 5.74) is 1.07. The molecule has 2 nitrogen and oxygen atoms in total. The fourth-order valence-corrected chi connectivity index (χ4v) is 2.33. The monoisotopic (exact) mass is 236 g/mol. The van der Waals surface area contributed by atoms with Gasteiger partial charge in [0.05, 0.1) is 0 Å². The Kier molecular flexibility index (Phi) is 4.13. The van der Waals surface area contributed by atoms with Gasteiger partial charge in [0.2, 0.25) is 0 Å². The molecule has 1 aromatic carbocycles. The fraction of sp³-hybridized carbons (Fsp3) is 0.571. The molecule has 1 aromatic rings. The van der Waals surface area contributed by atoms with Crippen molar-refractivity contribution in [2.75, 3.05) is 26.2 Å². The van der Waals surface area contributed by atoms with Gasteiger partial charge in [-0.25, -0.2) is 4.39 Å². The number of nitrogens with zero attached hydrogens (tertiary/aromatic N) is 2. The first-order valence-corrected chi connectivity index (χ1v) is 6.36. The average molecular weight is 236 g/mol. The summed E-state index contributed by atoms with van der Waals surface area (Å²) in [6, 6.07) is 7.55. The zero-order valence-corrected chi connectivity index (χ0v) is 10.7. The van der Waals surface area contributed by atoms with Gasteiger partial charge in [-0.2, -0.15) is 0 Å². The second-order valence-electron chi connectivity index (χ2n) is 5.04. The third-order valence-corrected chi connectivity index (χ3v) is 3.43. The van der Waals surface area contributed by atoms with Crippen molar-refractivity contribution < 1.29 is 4.39 Å². The lowest BCUT2D eigenvalue weighted by molar-refractivity contribution is 0.104. The van der Waals surface area contributed by atoms with Crippen LogP contribution in [0.5, 0.6) is 0 Å². The van der Waals surface area contributed by atoms with Gasteiger partial charge in [-0.3, -0.25) is 9.80 Å². The lowest BCUT2D eigenvalue weighted by atomic mass is 10.2. The maximum Gasteiger partial charge on any atom is 0.123 e. The molecule has 2 rings (SSSR count). The highest BCUT2D eigenvalue weighted by molar-refractivity contribution is 5.16. The molecule has 1 fully saturated rings. The van der Waals surface area contributed by atoms with Crippen molar-refractivity contribution in [3.05, 3.63) is 35.6 Å². The Labute approximate surface area is 103 Å². The van der Waals surface area contributed by atoms with E-state index in [1.54, 1.807) is 12.1 Å². The average Bonchev–Trinajstić information content (AvgIpc) is 2.29. The van der Waals surface area contributed by atoms with Crippen molar-refractivity contribution >= 4 is 0 Å². The second-order valence-corrected chi connectivity index (χ2v) is 5.04. The van der Waals surface area contributed by atoms with E-state index in [4.69, 9.17) is 0 Å². The van der Waals surface area contributed by atoms with Gasteiger partial charge < -0.3 is 0 Å². The van der Waals surface area contributed by atoms with Crippen molar-refractivity contribution in [2.45, 2.75) is 26.4 Å². The molecule has 0 unspecified atom stereocenters. The van der Waals surface area contributed by atoms with Crippen molar-refractivity contribution in [3.8, 4) is 0 Å². The van der Waals surface area contributed by atoms with Crippen LogP contribution in [0.15, 0.2) is 24.3 Å². The minimum absolute atomic E-state index is 0.136. The van der Waals surface area contributed by atoms with E-state index in [-0.39, 0.29) is 5.82 Å². The van der Waals surface area contributed by atoms with Crippen molar-refractivity contribution in [1.29, 1.82) is 0 Å². The summed E-state index contributed by atoms with van der Waals surface area (Å²) in [6.07, 6.45) is 0. The highest BCUT2D eigenvalue weighted by Crippen LogP contribution is 2.11. The molecule has 17 heavy (non-hydrogen) atoms. The first-order chi connectivity index (χ1) is 8.15. The van der Waals surface area contributed by atoms with E-state index in [9.17, 15) is 4.39 Å². The van der Waals surface area contributed by atoms with Crippen LogP contribution >= 0.6 is 0 Å². The molecule has 0 aromatic heterocycles. The number of rotatable bonds is 3. The highest BCUT2D eigenvalue weighted by Gasteiger charge is 2.18. The first kappa shape index (κ1) is 12.5. The maximum atomic E-state index is 13.1. The van der Waals surface area contributed by atoms with Crippen molar-refractivity contribution in [2.24, 2.45) is 0 Å². The van der Waals surface area contributed by atoms with Gasteiger partial charge in [-0.1, -0.05) is 12.1 Å². The molecule has 0 saturated carbocycles. The van der Waals surface area contributed by atoms with E-state index >= 15 is 0 Å². The molecule has 94 valence electrons. The van der Waals surface area contributed by atoms with E-state index in [0.29, 0.717) is 6.04 Å². The maximum absolute atomic E-state index is 13.1. The summed E-state index contributed by atoms with van der Waals surface area (Å²) in [7, 11) is 0. The SMILES string of the molecule is CC(C)N1CCN(Cc2cccc(F)c2)CC1. The van der Waals surface area contributed by atoms with Crippen molar-refractivity contribution in [1.82, 2.24) is 9.80 Å². The third kappa shape index (κ3) is 3.51. The molecule has 1 heterocycles. The minimum atomic E-state index is -0.136. The molecule has 0 radical (unpaired) electrons. The molecule has 0 amide bonds. The molecule has 0 bridgehead atoms. The van der Waals surface area contributed by atoms with Crippen LogP contribution in [0.25, 0.3) is 0 Å². The van der Waals surface area contributed by atoms with Gasteiger partial charge in [0.1, 0.15) is 5.82 Å². The van der Waals surface area contributed by atoms with E-state index < -0.39 is 0 Å². The van der Waals surface area contributed by atoms with Crippen LogP contribution < -0.4 is 0 Å². The summed E-state index contributed by atoms with van der Waals surface area (Å²) >= 11 is 0. The molecule has 1 aliphatic heterocycles. The number of benzene rings is 1. The lowest BCUT2D eigenvalue weighted by Gasteiger charge is -2.36. The van der Waals surface area contributed by atoms with Gasteiger partial charge in [0, 0.05) is 38.8 Å². The summed E-state index contributed by atoms with van der Waals surface area (Å²) in [5, 5.41) is 0. The Balaban J connectivity index is 1.86. The predicted molar refractivity (Wildman–Crippen MR) is 68.4 cm³/mol. The Bertz CT molecular complexity index is 357. The quantitative estimate of drug-likeness (QED) is 0.795. The Morgan fingerprint density at radius 1 is 1.18 bits per heavy atom. The molecule has 3 heteroatoms. The zero-order valence-electron chi connectivity index (χ0n) is 10.7.